The van der Waals surface area contributed by atoms with E-state index in [4.69, 9.17) is 0 Å². The van der Waals surface area contributed by atoms with Crippen LogP contribution in [0.1, 0.15) is 43.4 Å². The van der Waals surface area contributed by atoms with E-state index in [1.54, 1.807) is 4.90 Å². The lowest BCUT2D eigenvalue weighted by atomic mass is 10.00. The maximum atomic E-state index is 13.0. The van der Waals surface area contributed by atoms with Crippen molar-refractivity contribution in [3.05, 3.63) is 41.5 Å². The molecule has 1 unspecified atom stereocenters. The second-order valence-electron chi connectivity index (χ2n) is 6.64. The van der Waals surface area contributed by atoms with Crippen molar-refractivity contribution in [1.29, 1.82) is 0 Å². The van der Waals surface area contributed by atoms with Gasteiger partial charge in [-0.2, -0.15) is 0 Å². The van der Waals surface area contributed by atoms with Gasteiger partial charge in [-0.25, -0.2) is 4.39 Å². The maximum absolute atomic E-state index is 13.0. The molecule has 0 aromatic heterocycles. The van der Waals surface area contributed by atoms with Crippen LogP contribution in [0.2, 0.25) is 0 Å². The Morgan fingerprint density at radius 1 is 1.42 bits per heavy atom. The van der Waals surface area contributed by atoms with Crippen LogP contribution in [0.25, 0.3) is 6.08 Å². The molecule has 3 rings (SSSR count). The Kier molecular flexibility index (Phi) is 4.97. The summed E-state index contributed by atoms with van der Waals surface area (Å²) in [4.78, 5) is 25.0. The number of carbonyl (C=O) groups excluding carboxylic acids is 2. The molecule has 2 aliphatic rings. The van der Waals surface area contributed by atoms with Gasteiger partial charge in [-0.05, 0) is 37.3 Å². The van der Waals surface area contributed by atoms with E-state index < -0.39 is 6.17 Å². The summed E-state index contributed by atoms with van der Waals surface area (Å²) in [5.41, 5.74) is 1.98. The zero-order valence-corrected chi connectivity index (χ0v) is 13.8. The number of nitrogens with zero attached hydrogens (tertiary/aromatic N) is 1. The first kappa shape index (κ1) is 16.7. The molecule has 2 fully saturated rings. The summed E-state index contributed by atoms with van der Waals surface area (Å²) in [6, 6.07) is 7.26. The normalized spacial score (nSPS) is 27.2. The van der Waals surface area contributed by atoms with Crippen LogP contribution in [0.4, 0.5) is 4.39 Å². The molecule has 1 aliphatic carbocycles. The van der Waals surface area contributed by atoms with Crippen molar-refractivity contribution in [3.63, 3.8) is 0 Å². The highest BCUT2D eigenvalue weighted by Gasteiger charge is 2.34. The topological polar surface area (TPSA) is 49.4 Å². The van der Waals surface area contributed by atoms with Crippen LogP contribution in [-0.4, -0.2) is 36.0 Å². The Labute approximate surface area is 141 Å². The first-order valence-electron chi connectivity index (χ1n) is 8.52. The smallest absolute Gasteiger partial charge is 0.243 e. The summed E-state index contributed by atoms with van der Waals surface area (Å²) in [5.74, 6) is -0.0838. The van der Waals surface area contributed by atoms with Crippen molar-refractivity contribution in [1.82, 2.24) is 10.2 Å². The monoisotopic (exact) mass is 330 g/mol. The number of carbonyl (C=O) groups is 2. The molecule has 1 aromatic rings. The second-order valence-corrected chi connectivity index (χ2v) is 6.64. The van der Waals surface area contributed by atoms with Crippen LogP contribution in [0.15, 0.2) is 30.3 Å². The molecule has 128 valence electrons. The highest BCUT2D eigenvalue weighted by Crippen LogP contribution is 2.35. The Bertz CT molecular complexity index is 646. The molecule has 0 radical (unpaired) electrons. The molecule has 5 heteroatoms. The second kappa shape index (κ2) is 7.16. The van der Waals surface area contributed by atoms with E-state index in [-0.39, 0.29) is 23.9 Å². The Hall–Kier alpha value is -2.17. The average Bonchev–Trinajstić information content (AvgIpc) is 3.10. The summed E-state index contributed by atoms with van der Waals surface area (Å²) in [6.45, 7) is 2.57. The van der Waals surface area contributed by atoms with E-state index in [2.05, 4.69) is 5.32 Å². The lowest BCUT2D eigenvalue weighted by Gasteiger charge is -2.23. The van der Waals surface area contributed by atoms with Crippen molar-refractivity contribution in [2.24, 2.45) is 5.92 Å². The summed E-state index contributed by atoms with van der Waals surface area (Å²) in [7, 11) is 0. The number of likely N-dealkylation sites (tertiary alicyclic amines) is 1. The fraction of sp³-hybridized carbons (Fsp3) is 0.474. The molecular weight excluding hydrogens is 307 g/mol. The molecule has 1 aliphatic heterocycles. The van der Waals surface area contributed by atoms with Gasteiger partial charge in [-0.3, -0.25) is 9.59 Å². The predicted octanol–water partition coefficient (Wildman–Crippen LogP) is 2.86. The quantitative estimate of drug-likeness (QED) is 0.816. The number of alkyl halides is 1. The van der Waals surface area contributed by atoms with Crippen molar-refractivity contribution < 1.29 is 14.0 Å². The molecule has 1 N–H and O–H groups in total. The molecule has 4 atom stereocenters. The van der Waals surface area contributed by atoms with Crippen molar-refractivity contribution >= 4 is 18.4 Å². The summed E-state index contributed by atoms with van der Waals surface area (Å²) < 4.78 is 13.0. The van der Waals surface area contributed by atoms with Crippen LogP contribution in [0.3, 0.4) is 0 Å². The predicted molar refractivity (Wildman–Crippen MR) is 90.8 cm³/mol. The number of rotatable bonds is 6. The highest BCUT2D eigenvalue weighted by atomic mass is 19.1. The van der Waals surface area contributed by atoms with Crippen LogP contribution in [0, 0.1) is 5.92 Å². The molecule has 0 bridgehead atoms. The number of benzene rings is 1. The highest BCUT2D eigenvalue weighted by molar-refractivity contribution is 5.84. The van der Waals surface area contributed by atoms with Crippen LogP contribution in [0.5, 0.6) is 0 Å². The van der Waals surface area contributed by atoms with Gasteiger partial charge in [0.15, 0.2) is 0 Å². The van der Waals surface area contributed by atoms with Gasteiger partial charge in [0.05, 0.1) is 6.04 Å². The van der Waals surface area contributed by atoms with Crippen LogP contribution in [-0.2, 0) is 9.59 Å². The minimum absolute atomic E-state index is 0.0302. The molecule has 24 heavy (non-hydrogen) atoms. The fourth-order valence-corrected chi connectivity index (χ4v) is 3.25. The van der Waals surface area contributed by atoms with Gasteiger partial charge in [0.25, 0.3) is 0 Å². The van der Waals surface area contributed by atoms with E-state index in [1.807, 2.05) is 43.3 Å². The lowest BCUT2D eigenvalue weighted by Crippen LogP contribution is -2.43. The molecule has 1 saturated carbocycles. The summed E-state index contributed by atoms with van der Waals surface area (Å²) >= 11 is 0. The van der Waals surface area contributed by atoms with E-state index in [0.717, 1.165) is 24.0 Å². The Morgan fingerprint density at radius 3 is 2.88 bits per heavy atom. The number of hydrogen-bond donors (Lipinski definition) is 1. The van der Waals surface area contributed by atoms with Gasteiger partial charge in [0, 0.05) is 12.5 Å². The molecule has 2 amide bonds. The summed E-state index contributed by atoms with van der Waals surface area (Å²) in [5, 5.41) is 3.01. The van der Waals surface area contributed by atoms with Gasteiger partial charge >= 0.3 is 0 Å². The molecule has 1 heterocycles. The van der Waals surface area contributed by atoms with E-state index >= 15 is 0 Å². The minimum atomic E-state index is -0.706. The fourth-order valence-electron chi connectivity index (χ4n) is 3.25. The van der Waals surface area contributed by atoms with Gasteiger partial charge in [0.1, 0.15) is 12.2 Å². The van der Waals surface area contributed by atoms with Gasteiger partial charge < -0.3 is 10.2 Å². The molecule has 1 saturated heterocycles. The van der Waals surface area contributed by atoms with Gasteiger partial charge in [-0.1, -0.05) is 36.4 Å². The van der Waals surface area contributed by atoms with Crippen LogP contribution < -0.4 is 5.32 Å². The number of allylic oxidation sites excluding steroid dienone is 1. The third-order valence-electron chi connectivity index (χ3n) is 4.84. The van der Waals surface area contributed by atoms with E-state index in [9.17, 15) is 14.0 Å². The molecule has 0 spiro atoms. The summed E-state index contributed by atoms with van der Waals surface area (Å²) in [6.07, 6.45) is 6.06. The zero-order valence-electron chi connectivity index (χ0n) is 13.8. The first-order chi connectivity index (χ1) is 11.6. The third kappa shape index (κ3) is 3.66. The van der Waals surface area contributed by atoms with Crippen LogP contribution >= 0.6 is 0 Å². The molecular formula is C19H23FN2O2. The van der Waals surface area contributed by atoms with Crippen molar-refractivity contribution in [2.45, 2.75) is 44.4 Å². The zero-order chi connectivity index (χ0) is 17.1. The van der Waals surface area contributed by atoms with Crippen molar-refractivity contribution in [2.75, 3.05) is 6.54 Å². The maximum Gasteiger partial charge on any atom is 0.243 e. The largest absolute Gasteiger partial charge is 0.348 e. The van der Waals surface area contributed by atoms with Gasteiger partial charge in [0.2, 0.25) is 12.3 Å². The molecule has 4 nitrogen and oxygen atoms in total. The average molecular weight is 330 g/mol. The standard InChI is InChI=1S/C19H23FN2O2/c1-13(21-19(24)18-7-4-10-22(18)12-23)16-6-3-2-5-14(16)8-9-15-11-17(15)20/h2-3,5-6,8-9,12-13,15,17-18H,4,7,10-11H2,1H3,(H,21,24)/b9-8+/t13-,15+,17-,18?/m0/s1. The first-order valence-corrected chi connectivity index (χ1v) is 8.52. The number of nitrogens with one attached hydrogen (secondary N) is 1. The minimum Gasteiger partial charge on any atom is -0.348 e. The number of hydrogen-bond acceptors (Lipinski definition) is 2. The van der Waals surface area contributed by atoms with E-state index in [1.165, 1.54) is 0 Å². The molecule has 1 aromatic carbocycles. The van der Waals surface area contributed by atoms with E-state index in [0.29, 0.717) is 19.4 Å². The van der Waals surface area contributed by atoms with Crippen molar-refractivity contribution in [3.8, 4) is 0 Å². The Balaban J connectivity index is 1.68. The Morgan fingerprint density at radius 2 is 2.17 bits per heavy atom. The third-order valence-corrected chi connectivity index (χ3v) is 4.84. The van der Waals surface area contributed by atoms with Gasteiger partial charge in [-0.15, -0.1) is 0 Å². The SMILES string of the molecule is C[C@H](NC(=O)C1CCCN1C=O)c1ccccc1/C=C/[C@@H]1C[C@@H]1F. The lowest BCUT2D eigenvalue weighted by molar-refractivity contribution is -0.131. The number of amides is 2. The number of halogens is 1.